The molecule has 2 aliphatic carbocycles. The van der Waals surface area contributed by atoms with Gasteiger partial charge in [-0.2, -0.15) is 0 Å². The van der Waals surface area contributed by atoms with Crippen LogP contribution in [0.3, 0.4) is 0 Å². The normalized spacial score (nSPS) is 30.2. The fourth-order valence-electron chi connectivity index (χ4n) is 12.3. The molecule has 0 bridgehead atoms. The summed E-state index contributed by atoms with van der Waals surface area (Å²) in [5.41, 5.74) is -1.84. The van der Waals surface area contributed by atoms with E-state index in [0.29, 0.717) is 25.5 Å². The molecule has 51 heavy (non-hydrogen) atoms. The molecule has 0 aliphatic heterocycles. The van der Waals surface area contributed by atoms with Gasteiger partial charge in [0.05, 0.1) is 18.4 Å². The molecule has 0 spiro atoms. The van der Waals surface area contributed by atoms with Crippen molar-refractivity contribution in [3.05, 3.63) is 0 Å². The maximum absolute atomic E-state index is 14.0. The highest BCUT2D eigenvalue weighted by Gasteiger charge is 2.66. The minimum absolute atomic E-state index is 0.0293. The van der Waals surface area contributed by atoms with Gasteiger partial charge in [0.1, 0.15) is 12.7 Å². The lowest BCUT2D eigenvalue weighted by molar-refractivity contribution is -0.208. The van der Waals surface area contributed by atoms with E-state index in [1.54, 1.807) is 0 Å². The lowest BCUT2D eigenvalue weighted by Crippen LogP contribution is -2.63. The number of aldehydes is 1. The molecule has 8 nitrogen and oxygen atoms in total. The molecule has 2 fully saturated rings. The van der Waals surface area contributed by atoms with E-state index >= 15 is 0 Å². The van der Waals surface area contributed by atoms with Crippen molar-refractivity contribution in [2.75, 3.05) is 7.11 Å². The molecule has 0 aromatic carbocycles. The molecule has 1 N–H and O–H groups in total. The summed E-state index contributed by atoms with van der Waals surface area (Å²) in [6.07, 6.45) is 8.57. The Morgan fingerprint density at radius 3 is 2.06 bits per heavy atom. The van der Waals surface area contributed by atoms with E-state index in [2.05, 4.69) is 69.2 Å². The van der Waals surface area contributed by atoms with Crippen LogP contribution in [0.1, 0.15) is 160 Å². The average molecular weight is 719 g/mol. The molecule has 11 atom stereocenters. The minimum Gasteiger partial charge on any atom is -0.481 e. The van der Waals surface area contributed by atoms with Crippen LogP contribution in [-0.4, -0.2) is 42.4 Å². The van der Waals surface area contributed by atoms with Gasteiger partial charge in [0.2, 0.25) is 0 Å². The molecule has 0 amide bonds. The number of hydrogen-bond acceptors (Lipinski definition) is 7. The molecule has 0 aromatic rings. The van der Waals surface area contributed by atoms with Crippen LogP contribution in [-0.2, 0) is 33.4 Å². The molecule has 2 saturated carbocycles. The van der Waals surface area contributed by atoms with Crippen molar-refractivity contribution in [2.24, 2.45) is 74.9 Å². The van der Waals surface area contributed by atoms with Crippen molar-refractivity contribution in [3.8, 4) is 0 Å². The number of unbranched alkanes of at least 4 members (excludes halogenated alkanes) is 1. The largest absolute Gasteiger partial charge is 0.481 e. The quantitative estimate of drug-likeness (QED) is 0.0795. The number of fused-ring (bicyclic) bond motifs is 1. The Balaban J connectivity index is 2.99. The van der Waals surface area contributed by atoms with Gasteiger partial charge in [-0.05, 0) is 103 Å². The van der Waals surface area contributed by atoms with Gasteiger partial charge in [-0.3, -0.25) is 19.2 Å². The van der Waals surface area contributed by atoms with E-state index in [1.807, 2.05) is 13.8 Å². The fraction of sp³-hybridized carbons (Fsp3) is 0.884. The van der Waals surface area contributed by atoms with Crippen molar-refractivity contribution in [1.29, 1.82) is 0 Å². The van der Waals surface area contributed by atoms with Gasteiger partial charge >= 0.3 is 23.9 Å². The highest BCUT2D eigenvalue weighted by atomic mass is 16.6. The Hall–Kier alpha value is -2.25. The second-order valence-electron chi connectivity index (χ2n) is 18.1. The molecule has 294 valence electrons. The third kappa shape index (κ3) is 8.94. The molecule has 0 aromatic heterocycles. The lowest BCUT2D eigenvalue weighted by Gasteiger charge is -2.66. The van der Waals surface area contributed by atoms with Crippen LogP contribution in [0.4, 0.5) is 0 Å². The highest BCUT2D eigenvalue weighted by molar-refractivity contribution is 5.91. The molecule has 2 rings (SSSR count). The zero-order valence-corrected chi connectivity index (χ0v) is 34.6. The highest BCUT2D eigenvalue weighted by Crippen LogP contribution is 2.70. The van der Waals surface area contributed by atoms with Gasteiger partial charge in [0.15, 0.2) is 0 Å². The minimum atomic E-state index is -0.841. The summed E-state index contributed by atoms with van der Waals surface area (Å²) in [5, 5.41) is 10.6. The average Bonchev–Trinajstić information content (AvgIpc) is 3.06. The lowest BCUT2D eigenvalue weighted by atomic mass is 9.37. The number of methoxy groups -OCH3 is 1. The first-order valence-corrected chi connectivity index (χ1v) is 20.2. The van der Waals surface area contributed by atoms with E-state index in [-0.39, 0.29) is 70.6 Å². The number of carbonyl (C=O) groups excluding carboxylic acids is 4. The summed E-state index contributed by atoms with van der Waals surface area (Å²) in [6.45, 7) is 26.5. The van der Waals surface area contributed by atoms with Gasteiger partial charge in [-0.15, -0.1) is 0 Å². The Bertz CT molecular complexity index is 1210. The number of ether oxygens (including phenoxy) is 2. The van der Waals surface area contributed by atoms with Crippen molar-refractivity contribution in [3.63, 3.8) is 0 Å². The third-order valence-electron chi connectivity index (χ3n) is 15.2. The van der Waals surface area contributed by atoms with Crippen LogP contribution in [0.5, 0.6) is 0 Å². The van der Waals surface area contributed by atoms with E-state index in [0.717, 1.165) is 44.9 Å². The maximum atomic E-state index is 14.0. The molecule has 0 heterocycles. The van der Waals surface area contributed by atoms with Crippen LogP contribution < -0.4 is 0 Å². The predicted molar refractivity (Wildman–Crippen MR) is 201 cm³/mol. The monoisotopic (exact) mass is 719 g/mol. The first-order chi connectivity index (χ1) is 23.7. The van der Waals surface area contributed by atoms with Crippen LogP contribution in [0.2, 0.25) is 0 Å². The number of hydrogen-bond donors (Lipinski definition) is 1. The number of esters is 3. The van der Waals surface area contributed by atoms with Crippen molar-refractivity contribution < 1.29 is 38.6 Å². The summed E-state index contributed by atoms with van der Waals surface area (Å²) in [7, 11) is 1.46. The van der Waals surface area contributed by atoms with Crippen molar-refractivity contribution >= 4 is 30.2 Å². The second-order valence-corrected chi connectivity index (χ2v) is 18.1. The SMILES string of the molecule is CCCCC(C)(C)C(C)C(CC(=O)OC(=O)CC=O)C(C(CC)C(C)C)C(C)C1(C(C)C(=O)OC)CCC2C(C)(C(=O)O)CCCC2(C)C1CC. The van der Waals surface area contributed by atoms with Gasteiger partial charge in [-0.1, -0.05) is 108 Å². The van der Waals surface area contributed by atoms with Gasteiger partial charge < -0.3 is 19.4 Å². The van der Waals surface area contributed by atoms with Crippen LogP contribution in [0, 0.1) is 74.9 Å². The maximum Gasteiger partial charge on any atom is 0.320 e. The predicted octanol–water partition coefficient (Wildman–Crippen LogP) is 9.95. The van der Waals surface area contributed by atoms with E-state index in [4.69, 9.17) is 9.47 Å². The van der Waals surface area contributed by atoms with Crippen LogP contribution in [0.15, 0.2) is 0 Å². The Labute approximate surface area is 310 Å². The molecule has 8 heteroatoms. The first kappa shape index (κ1) is 44.9. The number of carboxylic acid groups (broad SMARTS) is 1. The summed E-state index contributed by atoms with van der Waals surface area (Å²) < 4.78 is 10.8. The van der Waals surface area contributed by atoms with Gasteiger partial charge in [-0.25, -0.2) is 0 Å². The van der Waals surface area contributed by atoms with Gasteiger partial charge in [0.25, 0.3) is 0 Å². The third-order valence-corrected chi connectivity index (χ3v) is 15.2. The zero-order valence-electron chi connectivity index (χ0n) is 34.6. The number of carbonyl (C=O) groups is 5. The molecule has 0 saturated heterocycles. The first-order valence-electron chi connectivity index (χ1n) is 20.2. The number of rotatable bonds is 19. The Kier molecular flexibility index (Phi) is 16.0. The Morgan fingerprint density at radius 2 is 1.57 bits per heavy atom. The van der Waals surface area contributed by atoms with E-state index in [1.165, 1.54) is 7.11 Å². The van der Waals surface area contributed by atoms with E-state index < -0.39 is 41.1 Å². The summed E-state index contributed by atoms with van der Waals surface area (Å²) in [6, 6.07) is 0. The molecular formula is C43H74O8. The molecular weight excluding hydrogens is 644 g/mol. The van der Waals surface area contributed by atoms with E-state index in [9.17, 15) is 29.1 Å². The fourth-order valence-corrected chi connectivity index (χ4v) is 12.3. The van der Waals surface area contributed by atoms with Gasteiger partial charge in [0, 0.05) is 6.42 Å². The van der Waals surface area contributed by atoms with Crippen LogP contribution >= 0.6 is 0 Å². The molecule has 0 radical (unpaired) electrons. The summed E-state index contributed by atoms with van der Waals surface area (Å²) in [5.74, 6) is -2.65. The van der Waals surface area contributed by atoms with Crippen molar-refractivity contribution in [2.45, 2.75) is 160 Å². The smallest absolute Gasteiger partial charge is 0.320 e. The standard InChI is InChI=1S/C43H74O8/c1-14-17-21-40(9,10)28(6)32(26-36(46)51-35(45)20-25-44)37(31(15-2)27(4)5)29(7)43(30(8)38(47)50-13)24-19-34-41(11,33(43)16-3)22-18-23-42(34,12)39(48)49/h25,27-34,37H,14-24,26H2,1-13H3,(H,48,49). The molecule has 11 unspecified atom stereocenters. The van der Waals surface area contributed by atoms with Crippen LogP contribution in [0.25, 0.3) is 0 Å². The second kappa shape index (κ2) is 18.2. The number of carboxylic acids is 1. The Morgan fingerprint density at radius 1 is 0.941 bits per heavy atom. The summed E-state index contributed by atoms with van der Waals surface area (Å²) >= 11 is 0. The zero-order chi connectivity index (χ0) is 39.1. The van der Waals surface area contributed by atoms with Crippen molar-refractivity contribution in [1.82, 2.24) is 0 Å². The topological polar surface area (TPSA) is 124 Å². The summed E-state index contributed by atoms with van der Waals surface area (Å²) in [4.78, 5) is 64.2. The number of aliphatic carboxylic acids is 1. The molecule has 2 aliphatic rings.